The summed E-state index contributed by atoms with van der Waals surface area (Å²) in [6.45, 7) is 1.29. The van der Waals surface area contributed by atoms with Crippen molar-refractivity contribution in [2.24, 2.45) is 0 Å². The molecule has 5 nitrogen and oxygen atoms in total. The van der Waals surface area contributed by atoms with E-state index in [-0.39, 0.29) is 5.75 Å². The number of methoxy groups -OCH3 is 2. The van der Waals surface area contributed by atoms with E-state index in [1.165, 1.54) is 6.26 Å². The molecule has 0 saturated heterocycles. The molecule has 6 heteroatoms. The summed E-state index contributed by atoms with van der Waals surface area (Å²) in [6, 6.07) is 5.63. The fraction of sp³-hybridized carbons (Fsp3) is 0.538. The zero-order valence-electron chi connectivity index (χ0n) is 11.6. The molecule has 0 fully saturated rings. The summed E-state index contributed by atoms with van der Waals surface area (Å²) in [4.78, 5) is 0. The summed E-state index contributed by atoms with van der Waals surface area (Å²) in [7, 11) is 0.350. The van der Waals surface area contributed by atoms with Gasteiger partial charge in [-0.15, -0.1) is 0 Å². The summed E-state index contributed by atoms with van der Waals surface area (Å²) in [5.41, 5.74) is 1.02. The summed E-state index contributed by atoms with van der Waals surface area (Å²) in [5.74, 6) is 1.72. The van der Waals surface area contributed by atoms with E-state index >= 15 is 0 Å². The first-order valence-electron chi connectivity index (χ1n) is 6.05. The quantitative estimate of drug-likeness (QED) is 0.729. The Morgan fingerprint density at radius 2 is 1.95 bits per heavy atom. The van der Waals surface area contributed by atoms with Gasteiger partial charge < -0.3 is 14.8 Å². The third-order valence-electron chi connectivity index (χ3n) is 2.68. The fourth-order valence-electron chi connectivity index (χ4n) is 1.68. The molecule has 1 aromatic carbocycles. The Labute approximate surface area is 114 Å². The molecule has 0 atom stereocenters. The second kappa shape index (κ2) is 7.35. The minimum absolute atomic E-state index is 0.208. The lowest BCUT2D eigenvalue weighted by Crippen LogP contribution is -2.18. The topological polar surface area (TPSA) is 64.6 Å². The second-order valence-corrected chi connectivity index (χ2v) is 6.60. The highest BCUT2D eigenvalue weighted by Gasteiger charge is 2.05. The van der Waals surface area contributed by atoms with Gasteiger partial charge in [0.25, 0.3) is 0 Å². The third kappa shape index (κ3) is 5.94. The molecular weight excluding hydrogens is 266 g/mol. The molecule has 0 amide bonds. The number of nitrogens with one attached hydrogen (secondary N) is 1. The molecule has 0 saturated carbocycles. The van der Waals surface area contributed by atoms with Crippen LogP contribution in [0.25, 0.3) is 0 Å². The van der Waals surface area contributed by atoms with Crippen LogP contribution in [0.3, 0.4) is 0 Å². The zero-order chi connectivity index (χ0) is 14.3. The standard InChI is InChI=1S/C13H21NO4S/c1-17-12-6-5-11(13(9-12)18-2)10-14-7-4-8-19(3,15)16/h5-6,9,14H,4,7-8,10H2,1-3H3. The molecule has 1 rings (SSSR count). The van der Waals surface area contributed by atoms with Crippen molar-refractivity contribution in [2.45, 2.75) is 13.0 Å². The molecule has 0 bridgehead atoms. The molecule has 19 heavy (non-hydrogen) atoms. The number of hydrogen-bond donors (Lipinski definition) is 1. The molecular formula is C13H21NO4S. The van der Waals surface area contributed by atoms with E-state index in [1.54, 1.807) is 14.2 Å². The first-order valence-corrected chi connectivity index (χ1v) is 8.11. The van der Waals surface area contributed by atoms with Crippen LogP contribution in [0.1, 0.15) is 12.0 Å². The molecule has 0 unspecified atom stereocenters. The predicted octanol–water partition coefficient (Wildman–Crippen LogP) is 1.23. The van der Waals surface area contributed by atoms with Gasteiger partial charge in [0.2, 0.25) is 0 Å². The second-order valence-electron chi connectivity index (χ2n) is 4.34. The summed E-state index contributed by atoms with van der Waals surface area (Å²) < 4.78 is 32.4. The highest BCUT2D eigenvalue weighted by Crippen LogP contribution is 2.24. The summed E-state index contributed by atoms with van der Waals surface area (Å²) in [5, 5.41) is 3.20. The number of rotatable bonds is 8. The smallest absolute Gasteiger partial charge is 0.147 e. The number of benzene rings is 1. The van der Waals surface area contributed by atoms with E-state index in [9.17, 15) is 8.42 Å². The highest BCUT2D eigenvalue weighted by atomic mass is 32.2. The van der Waals surface area contributed by atoms with Crippen molar-refractivity contribution in [2.75, 3.05) is 32.8 Å². The molecule has 0 aromatic heterocycles. The Morgan fingerprint density at radius 3 is 2.53 bits per heavy atom. The minimum Gasteiger partial charge on any atom is -0.497 e. The highest BCUT2D eigenvalue weighted by molar-refractivity contribution is 7.90. The van der Waals surface area contributed by atoms with Crippen LogP contribution in [0.15, 0.2) is 18.2 Å². The van der Waals surface area contributed by atoms with Crippen LogP contribution < -0.4 is 14.8 Å². The van der Waals surface area contributed by atoms with Crippen LogP contribution in [0.5, 0.6) is 11.5 Å². The average Bonchev–Trinajstić information content (AvgIpc) is 2.37. The van der Waals surface area contributed by atoms with Gasteiger partial charge >= 0.3 is 0 Å². The van der Waals surface area contributed by atoms with Crippen LogP contribution in [0.2, 0.25) is 0 Å². The molecule has 108 valence electrons. The van der Waals surface area contributed by atoms with E-state index in [0.717, 1.165) is 17.1 Å². The lowest BCUT2D eigenvalue weighted by Gasteiger charge is -2.11. The largest absolute Gasteiger partial charge is 0.497 e. The Hall–Kier alpha value is -1.27. The monoisotopic (exact) mass is 287 g/mol. The maximum atomic E-state index is 11.0. The first-order chi connectivity index (χ1) is 8.96. The number of hydrogen-bond acceptors (Lipinski definition) is 5. The lowest BCUT2D eigenvalue weighted by atomic mass is 10.2. The maximum absolute atomic E-state index is 11.0. The van der Waals surface area contributed by atoms with Gasteiger partial charge in [-0.2, -0.15) is 0 Å². The fourth-order valence-corrected chi connectivity index (χ4v) is 2.35. The Bertz CT molecular complexity index is 499. The minimum atomic E-state index is -2.87. The average molecular weight is 287 g/mol. The van der Waals surface area contributed by atoms with Crippen molar-refractivity contribution in [3.05, 3.63) is 23.8 Å². The Balaban J connectivity index is 2.45. The van der Waals surface area contributed by atoms with Crippen molar-refractivity contribution >= 4 is 9.84 Å². The number of sulfone groups is 1. The van der Waals surface area contributed by atoms with E-state index < -0.39 is 9.84 Å². The van der Waals surface area contributed by atoms with Gasteiger partial charge in [-0.05, 0) is 19.0 Å². The van der Waals surface area contributed by atoms with Gasteiger partial charge in [-0.3, -0.25) is 0 Å². The lowest BCUT2D eigenvalue weighted by molar-refractivity contribution is 0.390. The van der Waals surface area contributed by atoms with Crippen LogP contribution in [0, 0.1) is 0 Å². The zero-order valence-corrected chi connectivity index (χ0v) is 12.4. The molecule has 0 spiro atoms. The van der Waals surface area contributed by atoms with Crippen LogP contribution >= 0.6 is 0 Å². The van der Waals surface area contributed by atoms with Crippen molar-refractivity contribution < 1.29 is 17.9 Å². The third-order valence-corrected chi connectivity index (χ3v) is 3.71. The normalized spacial score (nSPS) is 11.3. The predicted molar refractivity (Wildman–Crippen MR) is 75.6 cm³/mol. The molecule has 0 aliphatic heterocycles. The van der Waals surface area contributed by atoms with Crippen LogP contribution in [-0.4, -0.2) is 41.2 Å². The molecule has 0 aliphatic rings. The SMILES string of the molecule is COc1ccc(CNCCCS(C)(=O)=O)c(OC)c1. The van der Waals surface area contributed by atoms with E-state index in [2.05, 4.69) is 5.32 Å². The maximum Gasteiger partial charge on any atom is 0.147 e. The Morgan fingerprint density at radius 1 is 1.21 bits per heavy atom. The van der Waals surface area contributed by atoms with E-state index in [1.807, 2.05) is 18.2 Å². The molecule has 0 radical (unpaired) electrons. The molecule has 1 aromatic rings. The van der Waals surface area contributed by atoms with Crippen molar-refractivity contribution in [3.63, 3.8) is 0 Å². The van der Waals surface area contributed by atoms with Crippen molar-refractivity contribution in [1.82, 2.24) is 5.32 Å². The number of ether oxygens (including phenoxy) is 2. The first kappa shape index (κ1) is 15.8. The van der Waals surface area contributed by atoms with Gasteiger partial charge in [-0.1, -0.05) is 6.07 Å². The van der Waals surface area contributed by atoms with Gasteiger partial charge in [-0.25, -0.2) is 8.42 Å². The van der Waals surface area contributed by atoms with Crippen molar-refractivity contribution in [3.8, 4) is 11.5 Å². The van der Waals surface area contributed by atoms with Gasteiger partial charge in [0.05, 0.1) is 20.0 Å². The van der Waals surface area contributed by atoms with Crippen LogP contribution in [0.4, 0.5) is 0 Å². The molecule has 0 aliphatic carbocycles. The van der Waals surface area contributed by atoms with E-state index in [0.29, 0.717) is 19.5 Å². The summed E-state index contributed by atoms with van der Waals surface area (Å²) >= 11 is 0. The molecule has 1 N–H and O–H groups in total. The van der Waals surface area contributed by atoms with E-state index in [4.69, 9.17) is 9.47 Å². The molecule has 0 heterocycles. The Kier molecular flexibility index (Phi) is 6.11. The van der Waals surface area contributed by atoms with Gasteiger partial charge in [0, 0.05) is 24.4 Å². The van der Waals surface area contributed by atoms with Crippen molar-refractivity contribution in [1.29, 1.82) is 0 Å². The van der Waals surface area contributed by atoms with Gasteiger partial charge in [0.1, 0.15) is 21.3 Å². The van der Waals surface area contributed by atoms with Crippen LogP contribution in [-0.2, 0) is 16.4 Å². The summed E-state index contributed by atoms with van der Waals surface area (Å²) in [6.07, 6.45) is 1.86. The van der Waals surface area contributed by atoms with Gasteiger partial charge in [0.15, 0.2) is 0 Å².